The van der Waals surface area contributed by atoms with Crippen molar-refractivity contribution in [3.05, 3.63) is 29.8 Å². The maximum Gasteiger partial charge on any atom is 0.414 e. The summed E-state index contributed by atoms with van der Waals surface area (Å²) in [7, 11) is 1.39. The molecule has 0 fully saturated rings. The second kappa shape index (κ2) is 6.38. The summed E-state index contributed by atoms with van der Waals surface area (Å²) < 4.78 is 10.2. The number of benzene rings is 1. The van der Waals surface area contributed by atoms with Gasteiger partial charge in [-0.1, -0.05) is 18.2 Å². The van der Waals surface area contributed by atoms with Gasteiger partial charge in [0.1, 0.15) is 5.60 Å². The van der Waals surface area contributed by atoms with Gasteiger partial charge in [0.15, 0.2) is 0 Å². The van der Waals surface area contributed by atoms with Crippen molar-refractivity contribution in [2.45, 2.75) is 45.1 Å². The molecular formula is C17H23NO4. The van der Waals surface area contributed by atoms with E-state index in [2.05, 4.69) is 0 Å². The van der Waals surface area contributed by atoms with Gasteiger partial charge in [0.2, 0.25) is 0 Å². The number of hydrogen-bond acceptors (Lipinski definition) is 4. The first kappa shape index (κ1) is 16.3. The van der Waals surface area contributed by atoms with Crippen molar-refractivity contribution in [1.82, 2.24) is 0 Å². The Balaban J connectivity index is 2.24. The molecule has 1 unspecified atom stereocenters. The molecule has 22 heavy (non-hydrogen) atoms. The minimum atomic E-state index is -0.533. The van der Waals surface area contributed by atoms with E-state index in [0.29, 0.717) is 19.4 Å². The van der Waals surface area contributed by atoms with E-state index >= 15 is 0 Å². The minimum absolute atomic E-state index is 0.0716. The fourth-order valence-corrected chi connectivity index (χ4v) is 2.64. The molecule has 2 rings (SSSR count). The maximum atomic E-state index is 12.4. The maximum absolute atomic E-state index is 12.4. The van der Waals surface area contributed by atoms with Crippen molar-refractivity contribution in [3.63, 3.8) is 0 Å². The van der Waals surface area contributed by atoms with Gasteiger partial charge >= 0.3 is 12.1 Å². The highest BCUT2D eigenvalue weighted by molar-refractivity contribution is 5.90. The summed E-state index contributed by atoms with van der Waals surface area (Å²) in [6, 6.07) is 7.65. The normalized spacial score (nSPS) is 17.6. The summed E-state index contributed by atoms with van der Waals surface area (Å²) in [6.45, 7) is 6.08. The third kappa shape index (κ3) is 3.78. The molecule has 0 N–H and O–H groups in total. The number of carbonyl (C=O) groups excluding carboxylic acids is 2. The van der Waals surface area contributed by atoms with Crippen LogP contribution in [0.1, 0.15) is 45.1 Å². The summed E-state index contributed by atoms with van der Waals surface area (Å²) in [5.41, 5.74) is 1.27. The molecule has 0 radical (unpaired) electrons. The monoisotopic (exact) mass is 305 g/mol. The highest BCUT2D eigenvalue weighted by atomic mass is 16.6. The molecule has 0 spiro atoms. The number of fused-ring (bicyclic) bond motifs is 1. The lowest BCUT2D eigenvalue weighted by molar-refractivity contribution is -0.141. The second-order valence-electron chi connectivity index (χ2n) is 6.46. The summed E-state index contributed by atoms with van der Waals surface area (Å²) >= 11 is 0. The van der Waals surface area contributed by atoms with Gasteiger partial charge in [-0.15, -0.1) is 0 Å². The van der Waals surface area contributed by atoms with Gasteiger partial charge in [0.05, 0.1) is 19.2 Å². The fraction of sp³-hybridized carbons (Fsp3) is 0.529. The van der Waals surface area contributed by atoms with Crippen LogP contribution < -0.4 is 4.90 Å². The topological polar surface area (TPSA) is 55.8 Å². The van der Waals surface area contributed by atoms with Crippen molar-refractivity contribution in [3.8, 4) is 0 Å². The van der Waals surface area contributed by atoms with Crippen LogP contribution >= 0.6 is 0 Å². The Bertz CT molecular complexity index is 562. The predicted molar refractivity (Wildman–Crippen MR) is 84.0 cm³/mol. The van der Waals surface area contributed by atoms with Crippen molar-refractivity contribution in [2.24, 2.45) is 0 Å². The van der Waals surface area contributed by atoms with Crippen LogP contribution in [-0.4, -0.2) is 31.3 Å². The number of ether oxygens (including phenoxy) is 2. The Morgan fingerprint density at radius 2 is 1.95 bits per heavy atom. The number of esters is 1. The van der Waals surface area contributed by atoms with Crippen LogP contribution in [0.25, 0.3) is 0 Å². The molecule has 0 aliphatic carbocycles. The molecular weight excluding hydrogens is 282 g/mol. The molecule has 0 saturated carbocycles. The number of rotatable bonds is 2. The van der Waals surface area contributed by atoms with Crippen LogP contribution in [0.4, 0.5) is 10.5 Å². The third-order valence-corrected chi connectivity index (χ3v) is 3.62. The standard InChI is InChI=1S/C17H23NO4/c1-17(2,3)22-16(20)18-10-9-12(11-15(19)21-4)13-7-5-6-8-14(13)18/h5-8,12H,9-11H2,1-4H3. The predicted octanol–water partition coefficient (Wildman–Crippen LogP) is 3.48. The van der Waals surface area contributed by atoms with Gasteiger partial charge in [-0.2, -0.15) is 0 Å². The van der Waals surface area contributed by atoms with E-state index in [9.17, 15) is 9.59 Å². The summed E-state index contributed by atoms with van der Waals surface area (Å²) in [5.74, 6) is -0.159. The lowest BCUT2D eigenvalue weighted by Gasteiger charge is -2.35. The Labute approximate surface area is 131 Å². The molecule has 1 aromatic rings. The molecule has 5 heteroatoms. The number of nitrogens with zero attached hydrogens (tertiary/aromatic N) is 1. The third-order valence-electron chi connectivity index (χ3n) is 3.62. The zero-order valence-electron chi connectivity index (χ0n) is 13.6. The minimum Gasteiger partial charge on any atom is -0.469 e. The molecule has 0 saturated heterocycles. The molecule has 1 aliphatic heterocycles. The SMILES string of the molecule is COC(=O)CC1CCN(C(=O)OC(C)(C)C)c2ccccc21. The lowest BCUT2D eigenvalue weighted by Crippen LogP contribution is -2.40. The quantitative estimate of drug-likeness (QED) is 0.785. The van der Waals surface area contributed by atoms with Crippen molar-refractivity contribution < 1.29 is 19.1 Å². The van der Waals surface area contributed by atoms with Crippen molar-refractivity contribution >= 4 is 17.7 Å². The van der Waals surface area contributed by atoms with Gasteiger partial charge in [0, 0.05) is 6.54 Å². The van der Waals surface area contributed by atoms with Crippen LogP contribution in [0.3, 0.4) is 0 Å². The zero-order chi connectivity index (χ0) is 16.3. The van der Waals surface area contributed by atoms with E-state index < -0.39 is 5.60 Å². The molecule has 1 heterocycles. The highest BCUT2D eigenvalue weighted by Gasteiger charge is 2.32. The second-order valence-corrected chi connectivity index (χ2v) is 6.46. The smallest absolute Gasteiger partial charge is 0.414 e. The average molecular weight is 305 g/mol. The largest absolute Gasteiger partial charge is 0.469 e. The molecule has 5 nitrogen and oxygen atoms in total. The molecule has 1 aliphatic rings. The van der Waals surface area contributed by atoms with Gasteiger partial charge in [-0.25, -0.2) is 4.79 Å². The van der Waals surface area contributed by atoms with Crippen LogP contribution in [0.15, 0.2) is 24.3 Å². The Morgan fingerprint density at radius 3 is 2.59 bits per heavy atom. The Hall–Kier alpha value is -2.04. The van der Waals surface area contributed by atoms with Crippen molar-refractivity contribution in [2.75, 3.05) is 18.6 Å². The Kier molecular flexibility index (Phi) is 4.74. The van der Waals surface area contributed by atoms with Crippen LogP contribution in [0.2, 0.25) is 0 Å². The molecule has 120 valence electrons. The van der Waals surface area contributed by atoms with E-state index in [1.54, 1.807) is 4.90 Å². The van der Waals surface area contributed by atoms with E-state index in [0.717, 1.165) is 11.3 Å². The number of carbonyl (C=O) groups is 2. The van der Waals surface area contributed by atoms with E-state index in [4.69, 9.17) is 9.47 Å². The Morgan fingerprint density at radius 1 is 1.27 bits per heavy atom. The van der Waals surface area contributed by atoms with Gasteiger partial charge < -0.3 is 9.47 Å². The lowest BCUT2D eigenvalue weighted by atomic mass is 9.87. The summed E-state index contributed by atoms with van der Waals surface area (Å²) in [4.78, 5) is 25.6. The van der Waals surface area contributed by atoms with E-state index in [1.165, 1.54) is 7.11 Å². The van der Waals surface area contributed by atoms with Crippen molar-refractivity contribution in [1.29, 1.82) is 0 Å². The zero-order valence-corrected chi connectivity index (χ0v) is 13.6. The first-order valence-electron chi connectivity index (χ1n) is 7.48. The molecule has 0 bridgehead atoms. The van der Waals surface area contributed by atoms with Crippen LogP contribution in [-0.2, 0) is 14.3 Å². The molecule has 1 aromatic carbocycles. The first-order chi connectivity index (χ1) is 10.3. The number of hydrogen-bond donors (Lipinski definition) is 0. The van der Waals surface area contributed by atoms with Gasteiger partial charge in [-0.3, -0.25) is 9.69 Å². The number of methoxy groups -OCH3 is 1. The van der Waals surface area contributed by atoms with E-state index in [1.807, 2.05) is 45.0 Å². The highest BCUT2D eigenvalue weighted by Crippen LogP contribution is 2.37. The van der Waals surface area contributed by atoms with Crippen LogP contribution in [0.5, 0.6) is 0 Å². The fourth-order valence-electron chi connectivity index (χ4n) is 2.64. The van der Waals surface area contributed by atoms with Gasteiger partial charge in [0.25, 0.3) is 0 Å². The van der Waals surface area contributed by atoms with Crippen LogP contribution in [0, 0.1) is 0 Å². The summed E-state index contributed by atoms with van der Waals surface area (Å²) in [6.07, 6.45) is 0.692. The number of anilines is 1. The number of amides is 1. The van der Waals surface area contributed by atoms with E-state index in [-0.39, 0.29) is 18.0 Å². The average Bonchev–Trinajstić information content (AvgIpc) is 2.45. The molecule has 1 atom stereocenters. The first-order valence-corrected chi connectivity index (χ1v) is 7.48. The molecule has 0 aromatic heterocycles. The molecule has 1 amide bonds. The summed E-state index contributed by atoms with van der Waals surface area (Å²) in [5, 5.41) is 0. The van der Waals surface area contributed by atoms with Gasteiger partial charge in [-0.05, 0) is 44.7 Å². The number of para-hydroxylation sites is 1.